The van der Waals surface area contributed by atoms with E-state index in [-0.39, 0.29) is 11.7 Å². The lowest BCUT2D eigenvalue weighted by molar-refractivity contribution is 0.0695. The first-order valence-electron chi connectivity index (χ1n) is 5.59. The Morgan fingerprint density at radius 3 is 2.53 bits per heavy atom. The van der Waals surface area contributed by atoms with Crippen molar-refractivity contribution in [3.63, 3.8) is 0 Å². The highest BCUT2D eigenvalue weighted by atomic mass is 79.9. The van der Waals surface area contributed by atoms with Crippen LogP contribution in [-0.4, -0.2) is 17.2 Å². The summed E-state index contributed by atoms with van der Waals surface area (Å²) < 4.78 is 6.42. The summed E-state index contributed by atoms with van der Waals surface area (Å²) in [6.45, 7) is 6.24. The van der Waals surface area contributed by atoms with Crippen molar-refractivity contribution in [3.05, 3.63) is 28.2 Å². The first-order chi connectivity index (χ1) is 7.88. The Morgan fingerprint density at radius 2 is 2.00 bits per heavy atom. The smallest absolute Gasteiger partial charge is 0.335 e. The average Bonchev–Trinajstić information content (AvgIpc) is 2.14. The second-order valence-electron chi connectivity index (χ2n) is 4.54. The van der Waals surface area contributed by atoms with E-state index in [0.717, 1.165) is 6.42 Å². The topological polar surface area (TPSA) is 46.5 Å². The molecular weight excluding hydrogens is 284 g/mol. The molecule has 0 aliphatic carbocycles. The molecule has 1 aromatic carbocycles. The summed E-state index contributed by atoms with van der Waals surface area (Å²) in [5, 5.41) is 8.94. The quantitative estimate of drug-likeness (QED) is 0.895. The molecule has 0 bridgehead atoms. The molecule has 0 radical (unpaired) electrons. The Bertz CT molecular complexity index is 402. The van der Waals surface area contributed by atoms with Crippen molar-refractivity contribution in [1.29, 1.82) is 0 Å². The minimum atomic E-state index is -0.951. The minimum Gasteiger partial charge on any atom is -0.491 e. The van der Waals surface area contributed by atoms with Gasteiger partial charge in [-0.15, -0.1) is 0 Å². The molecule has 0 amide bonds. The van der Waals surface area contributed by atoms with Gasteiger partial charge in [0.25, 0.3) is 0 Å². The van der Waals surface area contributed by atoms with E-state index in [1.807, 2.05) is 6.92 Å². The zero-order valence-corrected chi connectivity index (χ0v) is 11.8. The molecule has 1 aromatic rings. The molecule has 1 unspecified atom stereocenters. The number of aromatic carboxylic acids is 1. The Morgan fingerprint density at radius 1 is 1.35 bits per heavy atom. The van der Waals surface area contributed by atoms with Crippen molar-refractivity contribution in [2.24, 2.45) is 5.92 Å². The molecule has 0 saturated carbocycles. The molecule has 17 heavy (non-hydrogen) atoms. The summed E-state index contributed by atoms with van der Waals surface area (Å²) in [6.07, 6.45) is 1.01. The Balaban J connectivity index is 2.80. The second kappa shape index (κ2) is 6.05. The first kappa shape index (κ1) is 14.0. The van der Waals surface area contributed by atoms with Crippen molar-refractivity contribution >= 4 is 21.9 Å². The van der Waals surface area contributed by atoms with Gasteiger partial charge in [-0.1, -0.05) is 29.8 Å². The van der Waals surface area contributed by atoms with Crippen LogP contribution in [0.15, 0.2) is 22.7 Å². The van der Waals surface area contributed by atoms with Crippen LogP contribution >= 0.6 is 15.9 Å². The van der Waals surface area contributed by atoms with E-state index in [1.165, 1.54) is 0 Å². The third-order valence-corrected chi connectivity index (χ3v) is 2.72. The third-order valence-electron chi connectivity index (χ3n) is 2.26. The lowest BCUT2D eigenvalue weighted by atomic mass is 10.1. The van der Waals surface area contributed by atoms with Gasteiger partial charge in [-0.05, 0) is 37.5 Å². The molecule has 0 aliphatic heterocycles. The monoisotopic (exact) mass is 300 g/mol. The highest BCUT2D eigenvalue weighted by Crippen LogP contribution is 2.23. The molecule has 0 aliphatic rings. The van der Waals surface area contributed by atoms with Crippen LogP contribution in [0.2, 0.25) is 0 Å². The summed E-state index contributed by atoms with van der Waals surface area (Å²) in [4.78, 5) is 10.9. The predicted molar refractivity (Wildman–Crippen MR) is 70.6 cm³/mol. The van der Waals surface area contributed by atoms with E-state index < -0.39 is 5.97 Å². The number of rotatable bonds is 5. The van der Waals surface area contributed by atoms with E-state index >= 15 is 0 Å². The van der Waals surface area contributed by atoms with Gasteiger partial charge in [0.15, 0.2) is 0 Å². The normalized spacial score (nSPS) is 12.5. The van der Waals surface area contributed by atoms with Crippen LogP contribution in [0.3, 0.4) is 0 Å². The molecule has 1 atom stereocenters. The Labute approximate surface area is 110 Å². The van der Waals surface area contributed by atoms with E-state index in [4.69, 9.17) is 9.84 Å². The van der Waals surface area contributed by atoms with Gasteiger partial charge in [0, 0.05) is 4.47 Å². The highest BCUT2D eigenvalue weighted by molar-refractivity contribution is 9.10. The summed E-state index contributed by atoms with van der Waals surface area (Å²) >= 11 is 3.28. The fourth-order valence-corrected chi connectivity index (χ4v) is 2.17. The van der Waals surface area contributed by atoms with Gasteiger partial charge in [0.05, 0.1) is 11.7 Å². The second-order valence-corrected chi connectivity index (χ2v) is 5.45. The third kappa shape index (κ3) is 4.77. The molecule has 0 heterocycles. The summed E-state index contributed by atoms with van der Waals surface area (Å²) in [5.74, 6) is 0.189. The average molecular weight is 301 g/mol. The molecule has 0 saturated heterocycles. The molecule has 0 fully saturated rings. The van der Waals surface area contributed by atoms with Crippen LogP contribution < -0.4 is 4.74 Å². The molecular formula is C13H17BrO3. The van der Waals surface area contributed by atoms with Crippen LogP contribution in [0.5, 0.6) is 5.75 Å². The first-order valence-corrected chi connectivity index (χ1v) is 6.38. The lowest BCUT2D eigenvalue weighted by Gasteiger charge is -2.17. The Kier molecular flexibility index (Phi) is 5.00. The van der Waals surface area contributed by atoms with Crippen molar-refractivity contribution < 1.29 is 14.6 Å². The molecule has 1 rings (SSSR count). The summed E-state index contributed by atoms with van der Waals surface area (Å²) in [5.41, 5.74) is 0.228. The summed E-state index contributed by atoms with van der Waals surface area (Å²) in [6, 6.07) is 4.88. The molecule has 1 N–H and O–H groups in total. The SMILES string of the molecule is CC(C)CC(C)Oc1cc(Br)cc(C(=O)O)c1. The van der Waals surface area contributed by atoms with Gasteiger partial charge in [-0.3, -0.25) is 0 Å². The maximum atomic E-state index is 10.9. The fraction of sp³-hybridized carbons (Fsp3) is 0.462. The van der Waals surface area contributed by atoms with Gasteiger partial charge in [0.1, 0.15) is 5.75 Å². The van der Waals surface area contributed by atoms with Gasteiger partial charge < -0.3 is 9.84 Å². The molecule has 4 heteroatoms. The maximum absolute atomic E-state index is 10.9. The van der Waals surface area contributed by atoms with Crippen molar-refractivity contribution in [3.8, 4) is 5.75 Å². The van der Waals surface area contributed by atoms with E-state index in [1.54, 1.807) is 18.2 Å². The largest absolute Gasteiger partial charge is 0.491 e. The standard InChI is InChI=1S/C13H17BrO3/c1-8(2)4-9(3)17-12-6-10(13(15)16)5-11(14)7-12/h5-9H,4H2,1-3H3,(H,15,16). The molecule has 3 nitrogen and oxygen atoms in total. The zero-order valence-electron chi connectivity index (χ0n) is 10.2. The van der Waals surface area contributed by atoms with Crippen LogP contribution in [-0.2, 0) is 0 Å². The number of halogens is 1. The number of benzene rings is 1. The number of carboxylic acid groups (broad SMARTS) is 1. The lowest BCUT2D eigenvalue weighted by Crippen LogP contribution is -2.14. The number of hydrogen-bond acceptors (Lipinski definition) is 2. The molecule has 94 valence electrons. The maximum Gasteiger partial charge on any atom is 0.335 e. The number of hydrogen-bond donors (Lipinski definition) is 1. The van der Waals surface area contributed by atoms with Crippen molar-refractivity contribution in [2.75, 3.05) is 0 Å². The van der Waals surface area contributed by atoms with Gasteiger partial charge in [-0.25, -0.2) is 4.79 Å². The van der Waals surface area contributed by atoms with Crippen molar-refractivity contribution in [2.45, 2.75) is 33.3 Å². The van der Waals surface area contributed by atoms with Crippen molar-refractivity contribution in [1.82, 2.24) is 0 Å². The van der Waals surface area contributed by atoms with E-state index in [2.05, 4.69) is 29.8 Å². The van der Waals surface area contributed by atoms with Crippen LogP contribution in [0.1, 0.15) is 37.6 Å². The summed E-state index contributed by atoms with van der Waals surface area (Å²) in [7, 11) is 0. The van der Waals surface area contributed by atoms with Gasteiger partial charge in [-0.2, -0.15) is 0 Å². The predicted octanol–water partition coefficient (Wildman–Crippen LogP) is 3.96. The van der Waals surface area contributed by atoms with Crippen LogP contribution in [0.25, 0.3) is 0 Å². The van der Waals surface area contributed by atoms with Crippen LogP contribution in [0, 0.1) is 5.92 Å². The van der Waals surface area contributed by atoms with E-state index in [0.29, 0.717) is 16.1 Å². The van der Waals surface area contributed by atoms with Gasteiger partial charge >= 0.3 is 5.97 Å². The number of carboxylic acids is 1. The molecule has 0 spiro atoms. The highest BCUT2D eigenvalue weighted by Gasteiger charge is 2.10. The molecule has 0 aromatic heterocycles. The fourth-order valence-electron chi connectivity index (χ4n) is 1.70. The number of ether oxygens (including phenoxy) is 1. The minimum absolute atomic E-state index is 0.0749. The van der Waals surface area contributed by atoms with Crippen LogP contribution in [0.4, 0.5) is 0 Å². The van der Waals surface area contributed by atoms with Gasteiger partial charge in [0.2, 0.25) is 0 Å². The van der Waals surface area contributed by atoms with E-state index in [9.17, 15) is 4.79 Å². The Hall–Kier alpha value is -1.03. The zero-order chi connectivity index (χ0) is 13.0. The number of carbonyl (C=O) groups is 1.